The maximum Gasteiger partial charge on any atom is 0.353 e. The second-order valence-electron chi connectivity index (χ2n) is 3.36. The Kier molecular flexibility index (Phi) is 3.68. The summed E-state index contributed by atoms with van der Waals surface area (Å²) in [6.07, 6.45) is 1.29. The summed E-state index contributed by atoms with van der Waals surface area (Å²) in [6, 6.07) is 3.87. The lowest BCUT2D eigenvalue weighted by atomic mass is 10.4. The zero-order valence-electron chi connectivity index (χ0n) is 9.58. The van der Waals surface area contributed by atoms with Crippen molar-refractivity contribution in [2.45, 2.75) is 6.54 Å². The molecule has 0 bridgehead atoms. The van der Waals surface area contributed by atoms with E-state index in [0.717, 1.165) is 4.88 Å². The van der Waals surface area contributed by atoms with E-state index in [1.807, 2.05) is 17.5 Å². The Morgan fingerprint density at radius 2 is 2.22 bits per heavy atom. The van der Waals surface area contributed by atoms with Gasteiger partial charge in [-0.2, -0.15) is 0 Å². The second-order valence-corrected chi connectivity index (χ2v) is 4.39. The minimum atomic E-state index is -0.497. The van der Waals surface area contributed by atoms with Crippen LogP contribution in [0.3, 0.4) is 0 Å². The molecule has 0 amide bonds. The van der Waals surface area contributed by atoms with Gasteiger partial charge in [-0.3, -0.25) is 10.1 Å². The zero-order valence-corrected chi connectivity index (χ0v) is 10.4. The van der Waals surface area contributed by atoms with Gasteiger partial charge in [-0.15, -0.1) is 11.3 Å². The summed E-state index contributed by atoms with van der Waals surface area (Å²) in [6.45, 7) is 0.499. The topological polar surface area (TPSA) is 93.0 Å². The Hall–Kier alpha value is -2.22. The molecule has 0 unspecified atom stereocenters. The standard InChI is InChI=1S/C10H11N5O2S/c1-11-9-8(15(16)17)10(14-6-13-9)12-5-7-3-2-4-18-7/h2-4,6H,5H2,1H3,(H2,11,12,13,14). The van der Waals surface area contributed by atoms with E-state index in [0.29, 0.717) is 6.54 Å². The number of aromatic nitrogens is 2. The van der Waals surface area contributed by atoms with Gasteiger partial charge in [0.1, 0.15) is 6.33 Å². The van der Waals surface area contributed by atoms with Crippen LogP contribution in [-0.4, -0.2) is 21.9 Å². The van der Waals surface area contributed by atoms with Crippen LogP contribution in [0.25, 0.3) is 0 Å². The molecule has 0 atom stereocenters. The summed E-state index contributed by atoms with van der Waals surface area (Å²) in [5.41, 5.74) is -0.142. The highest BCUT2D eigenvalue weighted by atomic mass is 32.1. The van der Waals surface area contributed by atoms with E-state index in [9.17, 15) is 10.1 Å². The van der Waals surface area contributed by atoms with E-state index in [4.69, 9.17) is 0 Å². The molecule has 18 heavy (non-hydrogen) atoms. The van der Waals surface area contributed by atoms with Crippen molar-refractivity contribution in [1.29, 1.82) is 0 Å². The normalized spacial score (nSPS) is 10.1. The summed E-state index contributed by atoms with van der Waals surface area (Å²) < 4.78 is 0. The fourth-order valence-electron chi connectivity index (χ4n) is 1.45. The number of hydrogen-bond acceptors (Lipinski definition) is 7. The smallest absolute Gasteiger partial charge is 0.353 e. The van der Waals surface area contributed by atoms with Crippen molar-refractivity contribution in [3.05, 3.63) is 38.8 Å². The van der Waals surface area contributed by atoms with Crippen molar-refractivity contribution in [2.75, 3.05) is 17.7 Å². The first-order valence-electron chi connectivity index (χ1n) is 5.15. The summed E-state index contributed by atoms with van der Waals surface area (Å²) in [5.74, 6) is 0.413. The van der Waals surface area contributed by atoms with Gasteiger partial charge in [0.15, 0.2) is 0 Å². The van der Waals surface area contributed by atoms with E-state index in [1.54, 1.807) is 18.4 Å². The fraction of sp³-hybridized carbons (Fsp3) is 0.200. The Bertz CT molecular complexity index is 543. The minimum absolute atomic E-state index is 0.142. The summed E-state index contributed by atoms with van der Waals surface area (Å²) in [4.78, 5) is 19.3. The van der Waals surface area contributed by atoms with E-state index in [1.165, 1.54) is 6.33 Å². The number of anilines is 2. The van der Waals surface area contributed by atoms with Gasteiger partial charge in [0, 0.05) is 11.9 Å². The molecule has 0 saturated heterocycles. The summed E-state index contributed by atoms with van der Waals surface area (Å²) >= 11 is 1.57. The average molecular weight is 265 g/mol. The lowest BCUT2D eigenvalue weighted by Crippen LogP contribution is -2.07. The van der Waals surface area contributed by atoms with Crippen LogP contribution in [0.15, 0.2) is 23.8 Å². The third-order valence-electron chi connectivity index (χ3n) is 2.25. The van der Waals surface area contributed by atoms with Gasteiger partial charge in [0.05, 0.1) is 11.5 Å². The molecule has 8 heteroatoms. The van der Waals surface area contributed by atoms with Crippen molar-refractivity contribution in [3.63, 3.8) is 0 Å². The van der Waals surface area contributed by atoms with Crippen LogP contribution in [0, 0.1) is 10.1 Å². The number of nitro groups is 1. The minimum Gasteiger partial charge on any atom is -0.367 e. The number of nitrogens with zero attached hydrogens (tertiary/aromatic N) is 3. The molecule has 0 aromatic carbocycles. The molecule has 0 aliphatic carbocycles. The molecule has 0 aliphatic heterocycles. The van der Waals surface area contributed by atoms with Crippen LogP contribution in [0.1, 0.15) is 4.88 Å². The molecule has 0 fully saturated rings. The highest BCUT2D eigenvalue weighted by Crippen LogP contribution is 2.28. The van der Waals surface area contributed by atoms with Crippen molar-refractivity contribution < 1.29 is 4.92 Å². The molecule has 0 spiro atoms. The van der Waals surface area contributed by atoms with Gasteiger partial charge < -0.3 is 10.6 Å². The van der Waals surface area contributed by atoms with Gasteiger partial charge in [-0.05, 0) is 11.4 Å². The van der Waals surface area contributed by atoms with Gasteiger partial charge in [0.2, 0.25) is 11.6 Å². The molecule has 2 heterocycles. The molecule has 0 radical (unpaired) electrons. The van der Waals surface area contributed by atoms with Crippen LogP contribution >= 0.6 is 11.3 Å². The maximum absolute atomic E-state index is 11.0. The van der Waals surface area contributed by atoms with Gasteiger partial charge in [-0.25, -0.2) is 9.97 Å². The summed E-state index contributed by atoms with van der Waals surface area (Å²) in [5, 5.41) is 18.6. The Balaban J connectivity index is 2.24. The zero-order chi connectivity index (χ0) is 13.0. The lowest BCUT2D eigenvalue weighted by Gasteiger charge is -2.07. The molecule has 2 aromatic heterocycles. The largest absolute Gasteiger partial charge is 0.367 e. The van der Waals surface area contributed by atoms with Crippen molar-refractivity contribution in [2.24, 2.45) is 0 Å². The monoisotopic (exact) mass is 265 g/mol. The Labute approximate surface area is 107 Å². The average Bonchev–Trinajstić information content (AvgIpc) is 2.88. The van der Waals surface area contributed by atoms with Crippen LogP contribution in [-0.2, 0) is 6.54 Å². The van der Waals surface area contributed by atoms with Crippen molar-refractivity contribution in [3.8, 4) is 0 Å². The molecule has 2 rings (SSSR count). The molecule has 0 aliphatic rings. The van der Waals surface area contributed by atoms with Crippen LogP contribution in [0.2, 0.25) is 0 Å². The molecule has 94 valence electrons. The highest BCUT2D eigenvalue weighted by Gasteiger charge is 2.21. The summed E-state index contributed by atoms with van der Waals surface area (Å²) in [7, 11) is 1.58. The van der Waals surface area contributed by atoms with Crippen LogP contribution in [0.4, 0.5) is 17.3 Å². The van der Waals surface area contributed by atoms with E-state index in [2.05, 4.69) is 20.6 Å². The number of hydrogen-bond donors (Lipinski definition) is 2. The number of rotatable bonds is 5. The molecular formula is C10H11N5O2S. The number of thiophene rings is 1. The predicted molar refractivity (Wildman–Crippen MR) is 69.9 cm³/mol. The molecule has 7 nitrogen and oxygen atoms in total. The van der Waals surface area contributed by atoms with Crippen molar-refractivity contribution in [1.82, 2.24) is 9.97 Å². The highest BCUT2D eigenvalue weighted by molar-refractivity contribution is 7.09. The van der Waals surface area contributed by atoms with Gasteiger partial charge in [0.25, 0.3) is 0 Å². The first-order valence-corrected chi connectivity index (χ1v) is 6.03. The van der Waals surface area contributed by atoms with E-state index < -0.39 is 4.92 Å². The van der Waals surface area contributed by atoms with Crippen molar-refractivity contribution >= 4 is 28.7 Å². The predicted octanol–water partition coefficient (Wildman–Crippen LogP) is 2.10. The van der Waals surface area contributed by atoms with Gasteiger partial charge >= 0.3 is 5.69 Å². The number of nitrogens with one attached hydrogen (secondary N) is 2. The lowest BCUT2D eigenvalue weighted by molar-refractivity contribution is -0.383. The molecule has 2 N–H and O–H groups in total. The first kappa shape index (κ1) is 12.2. The second kappa shape index (κ2) is 5.41. The first-order chi connectivity index (χ1) is 8.72. The molecular weight excluding hydrogens is 254 g/mol. The fourth-order valence-corrected chi connectivity index (χ4v) is 2.09. The van der Waals surface area contributed by atoms with Crippen LogP contribution in [0.5, 0.6) is 0 Å². The maximum atomic E-state index is 11.0. The Morgan fingerprint density at radius 3 is 2.83 bits per heavy atom. The van der Waals surface area contributed by atoms with E-state index >= 15 is 0 Å². The third kappa shape index (κ3) is 2.54. The third-order valence-corrected chi connectivity index (χ3v) is 3.13. The quantitative estimate of drug-likeness (QED) is 0.635. The van der Waals surface area contributed by atoms with E-state index in [-0.39, 0.29) is 17.3 Å². The molecule has 0 saturated carbocycles. The molecule has 2 aromatic rings. The van der Waals surface area contributed by atoms with Crippen LogP contribution < -0.4 is 10.6 Å². The van der Waals surface area contributed by atoms with Gasteiger partial charge in [-0.1, -0.05) is 6.07 Å². The SMILES string of the molecule is CNc1ncnc(NCc2cccs2)c1[N+](=O)[O-]. The Morgan fingerprint density at radius 1 is 1.44 bits per heavy atom.